The van der Waals surface area contributed by atoms with E-state index in [1.54, 1.807) is 7.11 Å². The Balaban J connectivity index is 1.97. The molecular formula is C17H24N2O. The molecule has 3 N–H and O–H groups in total. The fraction of sp³-hybridized carbons (Fsp3) is 0.529. The summed E-state index contributed by atoms with van der Waals surface area (Å²) in [6, 6.07) is 6.22. The maximum atomic E-state index is 6.11. The molecule has 2 aromatic rings. The van der Waals surface area contributed by atoms with Gasteiger partial charge in [-0.3, -0.25) is 0 Å². The van der Waals surface area contributed by atoms with Gasteiger partial charge in [0.1, 0.15) is 5.75 Å². The third-order valence-electron chi connectivity index (χ3n) is 4.79. The van der Waals surface area contributed by atoms with Crippen molar-refractivity contribution in [1.82, 2.24) is 4.98 Å². The topological polar surface area (TPSA) is 51.0 Å². The maximum absolute atomic E-state index is 6.11. The smallest absolute Gasteiger partial charge is 0.119 e. The van der Waals surface area contributed by atoms with Gasteiger partial charge in [0, 0.05) is 23.0 Å². The fourth-order valence-electron chi connectivity index (χ4n) is 3.66. The Morgan fingerprint density at radius 2 is 2.10 bits per heavy atom. The highest BCUT2D eigenvalue weighted by atomic mass is 16.5. The molecule has 108 valence electrons. The monoisotopic (exact) mass is 272 g/mol. The molecule has 3 nitrogen and oxygen atoms in total. The highest BCUT2D eigenvalue weighted by molar-refractivity contribution is 5.85. The summed E-state index contributed by atoms with van der Waals surface area (Å²) in [7, 11) is 1.72. The number of hydrogen-bond acceptors (Lipinski definition) is 2. The van der Waals surface area contributed by atoms with Crippen LogP contribution >= 0.6 is 0 Å². The van der Waals surface area contributed by atoms with E-state index in [9.17, 15) is 0 Å². The average molecular weight is 272 g/mol. The normalized spacial score (nSPS) is 18.3. The molecule has 1 saturated carbocycles. The van der Waals surface area contributed by atoms with Crippen molar-refractivity contribution in [1.29, 1.82) is 0 Å². The van der Waals surface area contributed by atoms with Crippen LogP contribution in [0.25, 0.3) is 10.9 Å². The van der Waals surface area contributed by atoms with Crippen LogP contribution in [0.5, 0.6) is 5.75 Å². The first-order valence-corrected chi connectivity index (χ1v) is 7.68. The molecule has 0 bridgehead atoms. The Labute approximate surface area is 120 Å². The van der Waals surface area contributed by atoms with Crippen molar-refractivity contribution < 1.29 is 4.74 Å². The molecule has 3 heteroatoms. The summed E-state index contributed by atoms with van der Waals surface area (Å²) < 4.78 is 5.36. The number of fused-ring (bicyclic) bond motifs is 1. The van der Waals surface area contributed by atoms with Gasteiger partial charge in [-0.1, -0.05) is 19.3 Å². The molecule has 1 aromatic heterocycles. The Kier molecular flexibility index (Phi) is 3.97. The van der Waals surface area contributed by atoms with Gasteiger partial charge < -0.3 is 15.5 Å². The minimum Gasteiger partial charge on any atom is -0.497 e. The molecule has 1 atom stereocenters. The lowest BCUT2D eigenvalue weighted by Crippen LogP contribution is -2.23. The van der Waals surface area contributed by atoms with Crippen molar-refractivity contribution in [2.75, 3.05) is 13.7 Å². The van der Waals surface area contributed by atoms with Crippen molar-refractivity contribution >= 4 is 10.9 Å². The van der Waals surface area contributed by atoms with Crippen molar-refractivity contribution in [3.05, 3.63) is 30.0 Å². The molecule has 0 spiro atoms. The van der Waals surface area contributed by atoms with Crippen LogP contribution in [0, 0.1) is 5.92 Å². The van der Waals surface area contributed by atoms with Crippen LogP contribution < -0.4 is 10.5 Å². The number of methoxy groups -OCH3 is 1. The summed E-state index contributed by atoms with van der Waals surface area (Å²) >= 11 is 0. The van der Waals surface area contributed by atoms with E-state index < -0.39 is 0 Å². The Hall–Kier alpha value is -1.48. The zero-order valence-corrected chi connectivity index (χ0v) is 12.2. The second-order valence-corrected chi connectivity index (χ2v) is 5.90. The van der Waals surface area contributed by atoms with E-state index >= 15 is 0 Å². The SMILES string of the molecule is COc1ccc2[nH]cc(C(CN)C3CCCCC3)c2c1. The molecule has 0 aliphatic heterocycles. The van der Waals surface area contributed by atoms with Crippen molar-refractivity contribution in [3.8, 4) is 5.75 Å². The zero-order chi connectivity index (χ0) is 13.9. The first-order valence-electron chi connectivity index (χ1n) is 7.68. The molecule has 0 radical (unpaired) electrons. The Morgan fingerprint density at radius 3 is 2.80 bits per heavy atom. The Bertz CT molecular complexity index is 569. The standard InChI is InChI=1S/C17H24N2O/c1-20-13-7-8-17-14(9-13)16(11-19-17)15(10-18)12-5-3-2-4-6-12/h7-9,11-12,15,19H,2-6,10,18H2,1H3. The van der Waals surface area contributed by atoms with Gasteiger partial charge in [0.2, 0.25) is 0 Å². The summed E-state index contributed by atoms with van der Waals surface area (Å²) in [6.07, 6.45) is 8.88. The third kappa shape index (κ3) is 2.42. The van der Waals surface area contributed by atoms with Crippen molar-refractivity contribution in [2.45, 2.75) is 38.0 Å². The second kappa shape index (κ2) is 5.88. The molecule has 0 saturated heterocycles. The number of nitrogens with two attached hydrogens (primary N) is 1. The van der Waals surface area contributed by atoms with E-state index in [2.05, 4.69) is 23.3 Å². The number of ether oxygens (including phenoxy) is 1. The van der Waals surface area contributed by atoms with Crippen LogP contribution in [0.4, 0.5) is 0 Å². The summed E-state index contributed by atoms with van der Waals surface area (Å²) in [5, 5.41) is 1.27. The fourth-order valence-corrected chi connectivity index (χ4v) is 3.66. The van der Waals surface area contributed by atoms with Gasteiger partial charge in [-0.15, -0.1) is 0 Å². The van der Waals surface area contributed by atoms with Gasteiger partial charge in [-0.05, 0) is 49.1 Å². The third-order valence-corrected chi connectivity index (χ3v) is 4.79. The number of aromatic amines is 1. The second-order valence-electron chi connectivity index (χ2n) is 5.90. The molecule has 1 fully saturated rings. The van der Waals surface area contributed by atoms with E-state index in [1.807, 2.05) is 6.07 Å². The number of nitrogens with one attached hydrogen (secondary N) is 1. The minimum atomic E-state index is 0.469. The molecule has 1 aliphatic rings. The van der Waals surface area contributed by atoms with Crippen LogP contribution in [0.1, 0.15) is 43.6 Å². The summed E-state index contributed by atoms with van der Waals surface area (Å²) in [5.74, 6) is 2.12. The number of rotatable bonds is 4. The van der Waals surface area contributed by atoms with Gasteiger partial charge in [-0.2, -0.15) is 0 Å². The first-order chi connectivity index (χ1) is 9.83. The molecule has 3 rings (SSSR count). The van der Waals surface area contributed by atoms with Gasteiger partial charge in [-0.25, -0.2) is 0 Å². The number of benzene rings is 1. The average Bonchev–Trinajstić information content (AvgIpc) is 2.92. The molecular weight excluding hydrogens is 248 g/mol. The Morgan fingerprint density at radius 1 is 1.30 bits per heavy atom. The maximum Gasteiger partial charge on any atom is 0.119 e. The van der Waals surface area contributed by atoms with Gasteiger partial charge >= 0.3 is 0 Å². The molecule has 1 heterocycles. The lowest BCUT2D eigenvalue weighted by Gasteiger charge is -2.29. The van der Waals surface area contributed by atoms with Crippen LogP contribution in [-0.2, 0) is 0 Å². The summed E-state index contributed by atoms with van der Waals surface area (Å²) in [4.78, 5) is 3.38. The van der Waals surface area contributed by atoms with Gasteiger partial charge in [0.05, 0.1) is 7.11 Å². The molecule has 0 amide bonds. The van der Waals surface area contributed by atoms with E-state index in [0.29, 0.717) is 5.92 Å². The number of hydrogen-bond donors (Lipinski definition) is 2. The molecule has 1 unspecified atom stereocenters. The largest absolute Gasteiger partial charge is 0.497 e. The quantitative estimate of drug-likeness (QED) is 0.889. The van der Waals surface area contributed by atoms with Crippen LogP contribution in [0.3, 0.4) is 0 Å². The summed E-state index contributed by atoms with van der Waals surface area (Å²) in [5.41, 5.74) is 8.66. The van der Waals surface area contributed by atoms with E-state index in [0.717, 1.165) is 18.2 Å². The molecule has 20 heavy (non-hydrogen) atoms. The molecule has 1 aliphatic carbocycles. The van der Waals surface area contributed by atoms with Crippen molar-refractivity contribution in [3.63, 3.8) is 0 Å². The highest BCUT2D eigenvalue weighted by Gasteiger charge is 2.26. The van der Waals surface area contributed by atoms with Crippen LogP contribution in [-0.4, -0.2) is 18.6 Å². The highest BCUT2D eigenvalue weighted by Crippen LogP contribution is 2.38. The van der Waals surface area contributed by atoms with E-state index in [1.165, 1.54) is 48.6 Å². The predicted octanol–water partition coefficient (Wildman–Crippen LogP) is 3.80. The number of aromatic nitrogens is 1. The van der Waals surface area contributed by atoms with Crippen LogP contribution in [0.15, 0.2) is 24.4 Å². The summed E-state index contributed by atoms with van der Waals surface area (Å²) in [6.45, 7) is 0.731. The van der Waals surface area contributed by atoms with E-state index in [-0.39, 0.29) is 0 Å². The van der Waals surface area contributed by atoms with E-state index in [4.69, 9.17) is 10.5 Å². The van der Waals surface area contributed by atoms with Gasteiger partial charge in [0.25, 0.3) is 0 Å². The lowest BCUT2D eigenvalue weighted by atomic mass is 9.77. The number of H-pyrrole nitrogens is 1. The van der Waals surface area contributed by atoms with Crippen molar-refractivity contribution in [2.24, 2.45) is 11.7 Å². The predicted molar refractivity (Wildman–Crippen MR) is 83.2 cm³/mol. The molecule has 1 aromatic carbocycles. The first kappa shape index (κ1) is 13.5. The zero-order valence-electron chi connectivity index (χ0n) is 12.2. The lowest BCUT2D eigenvalue weighted by molar-refractivity contribution is 0.308. The minimum absolute atomic E-state index is 0.469. The van der Waals surface area contributed by atoms with Gasteiger partial charge in [0.15, 0.2) is 0 Å². The van der Waals surface area contributed by atoms with Crippen LogP contribution in [0.2, 0.25) is 0 Å².